The van der Waals surface area contributed by atoms with Gasteiger partial charge in [-0.05, 0) is 43.5 Å². The molecule has 88 valence electrons. The minimum Gasteiger partial charge on any atom is -0.493 e. The number of Topliss-reactive ketones (excluding diaryl/α,β-unsaturated/α-hetero) is 1. The van der Waals surface area contributed by atoms with Crippen molar-refractivity contribution >= 4 is 5.78 Å². The molecule has 0 N–H and O–H groups in total. The summed E-state index contributed by atoms with van der Waals surface area (Å²) in [6.07, 6.45) is 1.10. The van der Waals surface area contributed by atoms with Gasteiger partial charge in [-0.2, -0.15) is 0 Å². The molecule has 0 bridgehead atoms. The Hall–Kier alpha value is -1.31. The topological polar surface area (TPSA) is 26.3 Å². The van der Waals surface area contributed by atoms with Crippen LogP contribution in [-0.4, -0.2) is 12.4 Å². The molecule has 0 amide bonds. The summed E-state index contributed by atoms with van der Waals surface area (Å²) in [5.74, 6) is 1.15. The van der Waals surface area contributed by atoms with E-state index in [0.29, 0.717) is 19.4 Å². The molecule has 2 nitrogen and oxygen atoms in total. The van der Waals surface area contributed by atoms with Crippen LogP contribution in [0.25, 0.3) is 0 Å². The highest BCUT2D eigenvalue weighted by Gasteiger charge is 2.04. The second-order valence-electron chi connectivity index (χ2n) is 4.19. The lowest BCUT2D eigenvalue weighted by Crippen LogP contribution is -2.06. The molecule has 0 aliphatic heterocycles. The fourth-order valence-corrected chi connectivity index (χ4v) is 1.54. The highest BCUT2D eigenvalue weighted by molar-refractivity contribution is 5.78. The maximum Gasteiger partial charge on any atom is 0.136 e. The van der Waals surface area contributed by atoms with E-state index in [1.807, 2.05) is 19.9 Å². The van der Waals surface area contributed by atoms with Gasteiger partial charge >= 0.3 is 0 Å². The van der Waals surface area contributed by atoms with Crippen molar-refractivity contribution in [2.45, 2.75) is 40.5 Å². The van der Waals surface area contributed by atoms with Crippen molar-refractivity contribution in [3.63, 3.8) is 0 Å². The van der Waals surface area contributed by atoms with Gasteiger partial charge in [-0.15, -0.1) is 0 Å². The van der Waals surface area contributed by atoms with Crippen LogP contribution in [0.15, 0.2) is 12.1 Å². The number of hydrogen-bond donors (Lipinski definition) is 0. The number of ketones is 1. The van der Waals surface area contributed by atoms with E-state index in [4.69, 9.17) is 4.74 Å². The van der Waals surface area contributed by atoms with Crippen molar-refractivity contribution in [1.29, 1.82) is 0 Å². The number of hydrogen-bond acceptors (Lipinski definition) is 2. The van der Waals surface area contributed by atoms with Crippen molar-refractivity contribution < 1.29 is 9.53 Å². The van der Waals surface area contributed by atoms with Gasteiger partial charge in [0.1, 0.15) is 11.5 Å². The zero-order chi connectivity index (χ0) is 12.1. The van der Waals surface area contributed by atoms with Gasteiger partial charge in [-0.25, -0.2) is 0 Å². The molecule has 0 unspecified atom stereocenters. The van der Waals surface area contributed by atoms with Gasteiger partial charge in [0.2, 0.25) is 0 Å². The quantitative estimate of drug-likeness (QED) is 0.760. The molecule has 16 heavy (non-hydrogen) atoms. The molecular formula is C14H20O2. The summed E-state index contributed by atoms with van der Waals surface area (Å²) in [7, 11) is 0. The maximum atomic E-state index is 11.1. The van der Waals surface area contributed by atoms with E-state index in [9.17, 15) is 4.79 Å². The van der Waals surface area contributed by atoms with E-state index < -0.39 is 0 Å². The molecule has 0 aromatic heterocycles. The number of carbonyl (C=O) groups is 1. The number of benzene rings is 1. The van der Waals surface area contributed by atoms with Crippen LogP contribution in [-0.2, 0) is 4.79 Å². The Labute approximate surface area is 97.6 Å². The monoisotopic (exact) mass is 220 g/mol. The highest BCUT2D eigenvalue weighted by Crippen LogP contribution is 2.22. The normalized spacial score (nSPS) is 10.2. The first-order chi connectivity index (χ1) is 7.54. The SMILES string of the molecule is CCC(=O)CCOc1cc(C)c(C)cc1C. The molecule has 0 radical (unpaired) electrons. The average Bonchev–Trinajstić information content (AvgIpc) is 2.25. The third-order valence-electron chi connectivity index (χ3n) is 2.82. The van der Waals surface area contributed by atoms with Crippen LogP contribution in [0.4, 0.5) is 0 Å². The molecule has 0 saturated carbocycles. The second-order valence-corrected chi connectivity index (χ2v) is 4.19. The molecule has 1 aromatic carbocycles. The van der Waals surface area contributed by atoms with Crippen molar-refractivity contribution in [3.8, 4) is 5.75 Å². The lowest BCUT2D eigenvalue weighted by molar-refractivity contribution is -0.119. The summed E-state index contributed by atoms with van der Waals surface area (Å²) >= 11 is 0. The second kappa shape index (κ2) is 5.69. The zero-order valence-electron chi connectivity index (χ0n) is 10.6. The van der Waals surface area contributed by atoms with Crippen LogP contribution in [0.2, 0.25) is 0 Å². The maximum absolute atomic E-state index is 11.1. The summed E-state index contributed by atoms with van der Waals surface area (Å²) in [6.45, 7) is 8.55. The van der Waals surface area contributed by atoms with E-state index in [1.54, 1.807) is 0 Å². The predicted molar refractivity (Wildman–Crippen MR) is 66.1 cm³/mol. The first kappa shape index (κ1) is 12.8. The predicted octanol–water partition coefficient (Wildman–Crippen LogP) is 3.36. The van der Waals surface area contributed by atoms with Gasteiger partial charge in [0.05, 0.1) is 6.61 Å². The molecular weight excluding hydrogens is 200 g/mol. The van der Waals surface area contributed by atoms with E-state index in [1.165, 1.54) is 11.1 Å². The van der Waals surface area contributed by atoms with Crippen molar-refractivity contribution in [2.24, 2.45) is 0 Å². The summed E-state index contributed by atoms with van der Waals surface area (Å²) in [5.41, 5.74) is 3.63. The molecule has 0 fully saturated rings. The van der Waals surface area contributed by atoms with Gasteiger partial charge in [-0.3, -0.25) is 4.79 Å². The Bertz CT molecular complexity index is 381. The summed E-state index contributed by atoms with van der Waals surface area (Å²) in [4.78, 5) is 11.1. The minimum absolute atomic E-state index is 0.251. The van der Waals surface area contributed by atoms with E-state index >= 15 is 0 Å². The van der Waals surface area contributed by atoms with Gasteiger partial charge in [0, 0.05) is 12.8 Å². The van der Waals surface area contributed by atoms with Crippen LogP contribution in [0.5, 0.6) is 5.75 Å². The number of carbonyl (C=O) groups excluding carboxylic acids is 1. The Morgan fingerprint density at radius 3 is 2.38 bits per heavy atom. The summed E-state index contributed by atoms with van der Waals surface area (Å²) in [5, 5.41) is 0. The summed E-state index contributed by atoms with van der Waals surface area (Å²) < 4.78 is 5.62. The van der Waals surface area contributed by atoms with E-state index in [2.05, 4.69) is 19.9 Å². The van der Waals surface area contributed by atoms with Crippen molar-refractivity contribution in [3.05, 3.63) is 28.8 Å². The molecule has 2 heteroatoms. The molecule has 0 heterocycles. The fraction of sp³-hybridized carbons (Fsp3) is 0.500. The Morgan fingerprint density at radius 1 is 1.12 bits per heavy atom. The standard InChI is InChI=1S/C14H20O2/c1-5-13(15)6-7-16-14-9-11(3)10(2)8-12(14)4/h8-9H,5-7H2,1-4H3. The Morgan fingerprint density at radius 2 is 1.75 bits per heavy atom. The number of rotatable bonds is 5. The lowest BCUT2D eigenvalue weighted by Gasteiger charge is -2.11. The van der Waals surface area contributed by atoms with Gasteiger partial charge in [0.25, 0.3) is 0 Å². The molecule has 0 atom stereocenters. The molecule has 0 aliphatic carbocycles. The number of aryl methyl sites for hydroxylation is 3. The van der Waals surface area contributed by atoms with Crippen LogP contribution in [0, 0.1) is 20.8 Å². The van der Waals surface area contributed by atoms with Crippen LogP contribution >= 0.6 is 0 Å². The van der Waals surface area contributed by atoms with Crippen molar-refractivity contribution in [1.82, 2.24) is 0 Å². The minimum atomic E-state index is 0.251. The average molecular weight is 220 g/mol. The largest absolute Gasteiger partial charge is 0.493 e. The van der Waals surface area contributed by atoms with Crippen LogP contribution in [0.3, 0.4) is 0 Å². The van der Waals surface area contributed by atoms with Gasteiger partial charge < -0.3 is 4.74 Å². The Kier molecular flexibility index (Phi) is 4.53. The van der Waals surface area contributed by atoms with Crippen LogP contribution < -0.4 is 4.74 Å². The molecule has 0 spiro atoms. The third-order valence-corrected chi connectivity index (χ3v) is 2.82. The first-order valence-corrected chi connectivity index (χ1v) is 5.77. The molecule has 1 rings (SSSR count). The lowest BCUT2D eigenvalue weighted by atomic mass is 10.1. The van der Waals surface area contributed by atoms with E-state index in [0.717, 1.165) is 11.3 Å². The highest BCUT2D eigenvalue weighted by atomic mass is 16.5. The van der Waals surface area contributed by atoms with E-state index in [-0.39, 0.29) is 5.78 Å². The Balaban J connectivity index is 2.60. The molecule has 0 saturated heterocycles. The molecule has 1 aromatic rings. The smallest absolute Gasteiger partial charge is 0.136 e. The molecule has 0 aliphatic rings. The van der Waals surface area contributed by atoms with Gasteiger partial charge in [-0.1, -0.05) is 13.0 Å². The zero-order valence-corrected chi connectivity index (χ0v) is 10.6. The van der Waals surface area contributed by atoms with Crippen molar-refractivity contribution in [2.75, 3.05) is 6.61 Å². The first-order valence-electron chi connectivity index (χ1n) is 5.77. The summed E-state index contributed by atoms with van der Waals surface area (Å²) in [6, 6.07) is 4.16. The fourth-order valence-electron chi connectivity index (χ4n) is 1.54. The van der Waals surface area contributed by atoms with Crippen LogP contribution in [0.1, 0.15) is 36.5 Å². The van der Waals surface area contributed by atoms with Gasteiger partial charge in [0.15, 0.2) is 0 Å². The number of ether oxygens (including phenoxy) is 1. The third kappa shape index (κ3) is 3.37.